The molecule has 28 heavy (non-hydrogen) atoms. The van der Waals surface area contributed by atoms with Gasteiger partial charge in [-0.25, -0.2) is 4.39 Å². The number of hydrogen-bond acceptors (Lipinski definition) is 7. The minimum absolute atomic E-state index is 0.0469. The molecule has 0 aliphatic rings. The number of hydrogen-bond donors (Lipinski definition) is 2. The molecule has 0 fully saturated rings. The molecule has 8 nitrogen and oxygen atoms in total. The van der Waals surface area contributed by atoms with Crippen molar-refractivity contribution in [1.82, 2.24) is 10.6 Å². The Morgan fingerprint density at radius 2 is 1.29 bits per heavy atom. The second kappa shape index (κ2) is 19.5. The van der Waals surface area contributed by atoms with Gasteiger partial charge in [-0.1, -0.05) is 13.8 Å². The number of alkyl halides is 1. The molecule has 0 aromatic heterocycles. The van der Waals surface area contributed by atoms with Gasteiger partial charge in [-0.05, 0) is 6.92 Å². The van der Waals surface area contributed by atoms with Gasteiger partial charge < -0.3 is 34.3 Å². The lowest BCUT2D eigenvalue weighted by molar-refractivity contribution is -0.119. The first-order valence-electron chi connectivity index (χ1n) is 9.98. The van der Waals surface area contributed by atoms with Crippen molar-refractivity contribution in [3.63, 3.8) is 0 Å². The molecule has 2 unspecified atom stereocenters. The van der Waals surface area contributed by atoms with Gasteiger partial charge in [0, 0.05) is 19.5 Å². The third-order valence-electron chi connectivity index (χ3n) is 3.58. The summed E-state index contributed by atoms with van der Waals surface area (Å²) in [5, 5.41) is 5.69. The van der Waals surface area contributed by atoms with Crippen LogP contribution in [0.4, 0.5) is 4.39 Å². The fraction of sp³-hybridized carbons (Fsp3) is 0.947. The van der Waals surface area contributed by atoms with Crippen molar-refractivity contribution >= 4 is 5.91 Å². The summed E-state index contributed by atoms with van der Waals surface area (Å²) < 4.78 is 40.5. The zero-order chi connectivity index (χ0) is 21.0. The van der Waals surface area contributed by atoms with Gasteiger partial charge in [0.25, 0.3) is 0 Å². The highest BCUT2D eigenvalue weighted by molar-refractivity contribution is 5.72. The molecule has 1 amide bonds. The topological polar surface area (TPSA) is 87.3 Å². The van der Waals surface area contributed by atoms with Gasteiger partial charge in [0.05, 0.1) is 72.1 Å². The average molecular weight is 411 g/mol. The van der Waals surface area contributed by atoms with Crippen LogP contribution in [0.25, 0.3) is 0 Å². The van der Waals surface area contributed by atoms with Crippen LogP contribution in [0.3, 0.4) is 0 Å². The standard InChI is InChI=1S/C19H39FN2O6/c1-16(2)21-5-6-24-7-8-25-9-10-26-11-12-27-13-14-28-17(3)19(20)15-22-18(4)23/h16-17,19,21H,5-15H2,1-4H3,(H,22,23). The van der Waals surface area contributed by atoms with E-state index in [-0.39, 0.29) is 19.1 Å². The summed E-state index contributed by atoms with van der Waals surface area (Å²) in [6.45, 7) is 12.3. The molecule has 0 saturated heterocycles. The summed E-state index contributed by atoms with van der Waals surface area (Å²) in [5.74, 6) is -0.258. The van der Waals surface area contributed by atoms with Gasteiger partial charge in [0.15, 0.2) is 0 Å². The molecule has 0 heterocycles. The Morgan fingerprint density at radius 1 is 0.821 bits per heavy atom. The lowest BCUT2D eigenvalue weighted by Gasteiger charge is -2.17. The Kier molecular flexibility index (Phi) is 18.9. The lowest BCUT2D eigenvalue weighted by atomic mass is 10.2. The molecular weight excluding hydrogens is 371 g/mol. The van der Waals surface area contributed by atoms with Crippen molar-refractivity contribution in [3.8, 4) is 0 Å². The van der Waals surface area contributed by atoms with Crippen LogP contribution in [0.2, 0.25) is 0 Å². The fourth-order valence-electron chi connectivity index (χ4n) is 1.99. The molecule has 0 radical (unpaired) electrons. The quantitative estimate of drug-likeness (QED) is 0.289. The highest BCUT2D eigenvalue weighted by Gasteiger charge is 2.16. The normalized spacial score (nSPS) is 13.6. The van der Waals surface area contributed by atoms with E-state index in [1.54, 1.807) is 6.92 Å². The molecule has 2 atom stereocenters. The number of rotatable bonds is 20. The summed E-state index contributed by atoms with van der Waals surface area (Å²) in [5.41, 5.74) is 0. The van der Waals surface area contributed by atoms with Crippen molar-refractivity contribution in [2.75, 3.05) is 72.6 Å². The van der Waals surface area contributed by atoms with E-state index in [9.17, 15) is 9.18 Å². The number of ether oxygens (including phenoxy) is 5. The van der Waals surface area contributed by atoms with Crippen molar-refractivity contribution in [3.05, 3.63) is 0 Å². The summed E-state index contributed by atoms with van der Waals surface area (Å²) in [7, 11) is 0. The van der Waals surface area contributed by atoms with Crippen LogP contribution in [-0.4, -0.2) is 96.8 Å². The van der Waals surface area contributed by atoms with Crippen molar-refractivity contribution in [1.29, 1.82) is 0 Å². The second-order valence-corrected chi connectivity index (χ2v) is 6.59. The maximum absolute atomic E-state index is 13.6. The molecule has 2 N–H and O–H groups in total. The maximum atomic E-state index is 13.6. The predicted molar refractivity (Wildman–Crippen MR) is 105 cm³/mol. The molecule has 0 bridgehead atoms. The Labute approximate surface area is 168 Å². The molecular formula is C19H39FN2O6. The summed E-state index contributed by atoms with van der Waals surface area (Å²) in [6, 6.07) is 0.473. The van der Waals surface area contributed by atoms with E-state index in [1.807, 2.05) is 0 Å². The minimum Gasteiger partial charge on any atom is -0.378 e. The molecule has 0 aromatic rings. The number of carbonyl (C=O) groups is 1. The number of nitrogens with one attached hydrogen (secondary N) is 2. The van der Waals surface area contributed by atoms with Gasteiger partial charge in [-0.15, -0.1) is 0 Å². The van der Waals surface area contributed by atoms with Crippen molar-refractivity contribution in [2.45, 2.75) is 46.0 Å². The Bertz CT molecular complexity index is 363. The minimum atomic E-state index is -1.24. The highest BCUT2D eigenvalue weighted by Crippen LogP contribution is 2.02. The van der Waals surface area contributed by atoms with Crippen LogP contribution in [0.15, 0.2) is 0 Å². The predicted octanol–water partition coefficient (Wildman–Crippen LogP) is 0.930. The molecule has 0 aliphatic heterocycles. The zero-order valence-corrected chi connectivity index (χ0v) is 17.8. The SMILES string of the molecule is CC(=O)NCC(F)C(C)OCCOCCOCCOCCOCCNC(C)C. The van der Waals surface area contributed by atoms with E-state index >= 15 is 0 Å². The first kappa shape index (κ1) is 27.2. The number of halogens is 1. The number of carbonyl (C=O) groups excluding carboxylic acids is 1. The first-order chi connectivity index (χ1) is 13.4. The van der Waals surface area contributed by atoms with Crippen LogP contribution < -0.4 is 10.6 Å². The van der Waals surface area contributed by atoms with Gasteiger partial charge in [-0.3, -0.25) is 4.79 Å². The van der Waals surface area contributed by atoms with E-state index in [2.05, 4.69) is 24.5 Å². The van der Waals surface area contributed by atoms with Gasteiger partial charge >= 0.3 is 0 Å². The van der Waals surface area contributed by atoms with Crippen LogP contribution in [0.5, 0.6) is 0 Å². The maximum Gasteiger partial charge on any atom is 0.216 e. The third-order valence-corrected chi connectivity index (χ3v) is 3.58. The van der Waals surface area contributed by atoms with Gasteiger partial charge in [0.1, 0.15) is 6.17 Å². The van der Waals surface area contributed by atoms with Gasteiger partial charge in [0.2, 0.25) is 5.91 Å². The fourth-order valence-corrected chi connectivity index (χ4v) is 1.99. The average Bonchev–Trinajstić information content (AvgIpc) is 2.65. The van der Waals surface area contributed by atoms with Gasteiger partial charge in [-0.2, -0.15) is 0 Å². The molecule has 0 saturated carbocycles. The first-order valence-corrected chi connectivity index (χ1v) is 9.98. The summed E-state index contributed by atoms with van der Waals surface area (Å²) in [4.78, 5) is 10.7. The smallest absolute Gasteiger partial charge is 0.216 e. The van der Waals surface area contributed by atoms with E-state index in [0.29, 0.717) is 58.9 Å². The molecule has 0 aliphatic carbocycles. The lowest BCUT2D eigenvalue weighted by Crippen LogP contribution is -2.35. The Morgan fingerprint density at radius 3 is 1.75 bits per heavy atom. The molecule has 0 aromatic carbocycles. The van der Waals surface area contributed by atoms with Crippen LogP contribution in [-0.2, 0) is 28.5 Å². The van der Waals surface area contributed by atoms with Crippen molar-refractivity contribution < 1.29 is 32.9 Å². The van der Waals surface area contributed by atoms with Crippen LogP contribution in [0.1, 0.15) is 27.7 Å². The van der Waals surface area contributed by atoms with E-state index in [1.165, 1.54) is 6.92 Å². The molecule has 0 rings (SSSR count). The van der Waals surface area contributed by atoms with Crippen LogP contribution >= 0.6 is 0 Å². The monoisotopic (exact) mass is 410 g/mol. The van der Waals surface area contributed by atoms with E-state index < -0.39 is 12.3 Å². The van der Waals surface area contributed by atoms with Crippen LogP contribution in [0, 0.1) is 0 Å². The zero-order valence-electron chi connectivity index (χ0n) is 17.8. The number of amides is 1. The Balaban J connectivity index is 3.22. The molecule has 0 spiro atoms. The molecule has 9 heteroatoms. The van der Waals surface area contributed by atoms with E-state index in [4.69, 9.17) is 23.7 Å². The summed E-state index contributed by atoms with van der Waals surface area (Å²) >= 11 is 0. The highest BCUT2D eigenvalue weighted by atomic mass is 19.1. The van der Waals surface area contributed by atoms with Crippen molar-refractivity contribution in [2.24, 2.45) is 0 Å². The largest absolute Gasteiger partial charge is 0.378 e. The summed E-state index contributed by atoms with van der Waals surface area (Å²) in [6.07, 6.45) is -1.84. The van der Waals surface area contributed by atoms with E-state index in [0.717, 1.165) is 6.54 Å². The second-order valence-electron chi connectivity index (χ2n) is 6.59. The molecule has 168 valence electrons. The third kappa shape index (κ3) is 19.9. The Hall–Kier alpha value is -0.840.